The number of quaternary nitrogens is 1. The number of carbonyl (C=O) groups is 2. The predicted octanol–water partition coefficient (Wildman–Crippen LogP) is 21.9. The van der Waals surface area contributed by atoms with Crippen LogP contribution in [0.1, 0.15) is 342 Å². The molecule has 0 aliphatic carbocycles. The maximum absolute atomic E-state index is 13.6. The van der Waals surface area contributed by atoms with Gasteiger partial charge >= 0.3 is 5.97 Å². The van der Waals surface area contributed by atoms with Crippen molar-refractivity contribution in [2.45, 2.75) is 354 Å². The van der Waals surface area contributed by atoms with Gasteiger partial charge in [-0.05, 0) is 76.7 Å². The number of allylic oxidation sites excluding steroid dienone is 9. The van der Waals surface area contributed by atoms with Gasteiger partial charge in [-0.3, -0.25) is 14.2 Å². The second-order valence-electron chi connectivity index (χ2n) is 25.4. The van der Waals surface area contributed by atoms with Crippen LogP contribution in [0, 0.1) is 0 Å². The van der Waals surface area contributed by atoms with E-state index >= 15 is 0 Å². The predicted molar refractivity (Wildman–Crippen MR) is 358 cm³/mol. The van der Waals surface area contributed by atoms with Crippen LogP contribution >= 0.6 is 7.82 Å². The van der Waals surface area contributed by atoms with Gasteiger partial charge in [0.2, 0.25) is 5.91 Å². The Labute approximate surface area is 515 Å². The molecule has 0 aliphatic rings. The van der Waals surface area contributed by atoms with Gasteiger partial charge in [-0.2, -0.15) is 0 Å². The molecule has 0 heterocycles. The molecule has 9 nitrogen and oxygen atoms in total. The molecule has 0 aromatic carbocycles. The summed E-state index contributed by atoms with van der Waals surface area (Å²) >= 11 is 0. The minimum atomic E-state index is -4.71. The summed E-state index contributed by atoms with van der Waals surface area (Å²) in [5.74, 6) is -0.563. The smallest absolute Gasteiger partial charge is 0.306 e. The standard InChI is InChI=1S/C73H137N2O7P/c1-7-10-13-16-19-22-25-28-30-32-34-35-36-37-38-39-41-42-44-47-50-53-56-59-62-65-72(76)74-70(69-81-83(78,79)80-68-67-75(4,5)6)71(64-61-58-55-52-49-46-27-24-21-18-15-12-9-3)82-73(77)66-63-60-57-54-51-48-45-43-40-33-31-29-26-23-20-17-14-11-8-2/h20,23,29,31,40,43,48,51,61,64,70-71H,7-19,21-22,24-28,30,32-39,41-42,44-47,49-50,52-60,62-63,65-69H2,1-6H3,(H-,74,76,78,79)/b23-20-,31-29-,43-40-,51-48-,64-61+. The van der Waals surface area contributed by atoms with Gasteiger partial charge in [0.25, 0.3) is 7.82 Å². The lowest BCUT2D eigenvalue weighted by atomic mass is 10.0. The number of phosphoric ester groups is 1. The Balaban J connectivity index is 5.12. The molecular formula is C73H137N2O7P. The molecule has 1 amide bonds. The molecule has 3 unspecified atom stereocenters. The third-order valence-corrected chi connectivity index (χ3v) is 16.9. The van der Waals surface area contributed by atoms with Gasteiger partial charge in [-0.25, -0.2) is 0 Å². The average Bonchev–Trinajstić information content (AvgIpc) is 3.46. The van der Waals surface area contributed by atoms with Crippen molar-refractivity contribution in [3.8, 4) is 0 Å². The number of amides is 1. The number of rotatable bonds is 65. The molecule has 0 radical (unpaired) electrons. The van der Waals surface area contributed by atoms with Gasteiger partial charge in [-0.1, -0.05) is 313 Å². The SMILES string of the molecule is CCCCC/C=C\C/C=C\C/C=C\C/C=C\CCCCCC(=O)OC(/C=C/CCCCCCCCCCCCC)C(COP(=O)([O-])OCC[N+](C)(C)C)NC(=O)CCCCCCCCCCCCCCCCCCCCCCCCCCC. The van der Waals surface area contributed by atoms with E-state index in [4.69, 9.17) is 13.8 Å². The zero-order chi connectivity index (χ0) is 60.7. The summed E-state index contributed by atoms with van der Waals surface area (Å²) in [6, 6.07) is -0.902. The summed E-state index contributed by atoms with van der Waals surface area (Å²) in [6.45, 7) is 6.84. The number of nitrogens with zero attached hydrogens (tertiary/aromatic N) is 1. The third-order valence-electron chi connectivity index (χ3n) is 16.0. The largest absolute Gasteiger partial charge is 0.756 e. The topological polar surface area (TPSA) is 114 Å². The third kappa shape index (κ3) is 64.0. The molecule has 83 heavy (non-hydrogen) atoms. The number of carbonyl (C=O) groups excluding carboxylic acids is 2. The molecule has 0 saturated heterocycles. The molecule has 0 aromatic heterocycles. The van der Waals surface area contributed by atoms with E-state index in [-0.39, 0.29) is 24.9 Å². The van der Waals surface area contributed by atoms with Crippen LogP contribution in [0.5, 0.6) is 0 Å². The van der Waals surface area contributed by atoms with Crippen molar-refractivity contribution in [2.24, 2.45) is 0 Å². The molecule has 0 aliphatic heterocycles. The Kier molecular flexibility index (Phi) is 61.0. The molecule has 486 valence electrons. The van der Waals surface area contributed by atoms with Crippen molar-refractivity contribution < 1.29 is 37.3 Å². The van der Waals surface area contributed by atoms with Crippen molar-refractivity contribution in [3.05, 3.63) is 60.8 Å². The normalized spacial score (nSPS) is 13.9. The quantitative estimate of drug-likeness (QED) is 0.0212. The van der Waals surface area contributed by atoms with Crippen molar-refractivity contribution in [2.75, 3.05) is 40.9 Å². The van der Waals surface area contributed by atoms with E-state index in [1.54, 1.807) is 0 Å². The van der Waals surface area contributed by atoms with Crippen LogP contribution in [0.15, 0.2) is 60.8 Å². The maximum Gasteiger partial charge on any atom is 0.306 e. The summed E-state index contributed by atoms with van der Waals surface area (Å²) in [5, 5.41) is 3.04. The molecule has 0 fully saturated rings. The Morgan fingerprint density at radius 2 is 0.735 bits per heavy atom. The molecule has 1 N–H and O–H groups in total. The highest BCUT2D eigenvalue weighted by molar-refractivity contribution is 7.45. The second kappa shape index (κ2) is 62.8. The number of hydrogen-bond acceptors (Lipinski definition) is 7. The zero-order valence-electron chi connectivity index (χ0n) is 55.7. The Bertz CT molecular complexity index is 1600. The first-order valence-corrected chi connectivity index (χ1v) is 37.1. The second-order valence-corrected chi connectivity index (χ2v) is 26.8. The zero-order valence-corrected chi connectivity index (χ0v) is 56.6. The van der Waals surface area contributed by atoms with Gasteiger partial charge in [0, 0.05) is 12.8 Å². The van der Waals surface area contributed by atoms with E-state index in [0.717, 1.165) is 77.0 Å². The van der Waals surface area contributed by atoms with Crippen LogP contribution in [0.25, 0.3) is 0 Å². The number of phosphoric acid groups is 1. The summed E-state index contributed by atoms with van der Waals surface area (Å²) in [7, 11) is 1.18. The van der Waals surface area contributed by atoms with Crippen LogP contribution in [-0.2, 0) is 27.9 Å². The molecule has 3 atom stereocenters. The van der Waals surface area contributed by atoms with Crippen molar-refractivity contribution in [3.63, 3.8) is 0 Å². The van der Waals surface area contributed by atoms with Crippen LogP contribution in [0.2, 0.25) is 0 Å². The fourth-order valence-corrected chi connectivity index (χ4v) is 11.2. The van der Waals surface area contributed by atoms with Crippen molar-refractivity contribution in [1.82, 2.24) is 5.32 Å². The molecule has 0 rings (SSSR count). The molecule has 0 saturated carbocycles. The Morgan fingerprint density at radius 3 is 1.13 bits per heavy atom. The molecule has 0 aromatic rings. The lowest BCUT2D eigenvalue weighted by molar-refractivity contribution is -0.870. The van der Waals surface area contributed by atoms with Crippen molar-refractivity contribution >= 4 is 19.7 Å². The number of esters is 1. The van der Waals surface area contributed by atoms with Crippen LogP contribution < -0.4 is 10.2 Å². The number of unbranched alkanes of at least 4 members (excludes halogenated alkanes) is 41. The number of hydrogen-bond donors (Lipinski definition) is 1. The fraction of sp³-hybridized carbons (Fsp3) is 0.836. The van der Waals surface area contributed by atoms with Gasteiger partial charge in [0.05, 0.1) is 33.8 Å². The number of likely N-dealkylation sites (N-methyl/N-ethyl adjacent to an activating group) is 1. The first kappa shape index (κ1) is 80.7. The monoisotopic (exact) mass is 1190 g/mol. The van der Waals surface area contributed by atoms with Gasteiger partial charge < -0.3 is 28.5 Å². The van der Waals surface area contributed by atoms with Gasteiger partial charge in [-0.15, -0.1) is 0 Å². The minimum absolute atomic E-state index is 0.0272. The van der Waals surface area contributed by atoms with Crippen LogP contribution in [0.3, 0.4) is 0 Å². The highest BCUT2D eigenvalue weighted by atomic mass is 31.2. The van der Waals surface area contributed by atoms with E-state index in [2.05, 4.69) is 74.7 Å². The first-order chi connectivity index (χ1) is 40.4. The highest BCUT2D eigenvalue weighted by Crippen LogP contribution is 2.38. The number of nitrogens with one attached hydrogen (secondary N) is 1. The van der Waals surface area contributed by atoms with E-state index in [0.29, 0.717) is 23.9 Å². The summed E-state index contributed by atoms with van der Waals surface area (Å²) in [6.07, 6.45) is 80.6. The van der Waals surface area contributed by atoms with Crippen LogP contribution in [0.4, 0.5) is 0 Å². The summed E-state index contributed by atoms with van der Waals surface area (Å²) in [4.78, 5) is 40.2. The first-order valence-electron chi connectivity index (χ1n) is 35.6. The molecular weight excluding hydrogens is 1050 g/mol. The lowest BCUT2D eigenvalue weighted by Crippen LogP contribution is -2.47. The van der Waals surface area contributed by atoms with E-state index in [1.807, 2.05) is 33.3 Å². The minimum Gasteiger partial charge on any atom is -0.756 e. The van der Waals surface area contributed by atoms with E-state index < -0.39 is 26.6 Å². The highest BCUT2D eigenvalue weighted by Gasteiger charge is 2.27. The Hall–Kier alpha value is -2.29. The van der Waals surface area contributed by atoms with Crippen molar-refractivity contribution in [1.29, 1.82) is 0 Å². The number of ether oxygens (including phenoxy) is 1. The maximum atomic E-state index is 13.6. The lowest BCUT2D eigenvalue weighted by Gasteiger charge is -2.30. The fourth-order valence-electron chi connectivity index (χ4n) is 10.4. The van der Waals surface area contributed by atoms with E-state index in [9.17, 15) is 19.0 Å². The summed E-state index contributed by atoms with van der Waals surface area (Å²) in [5.41, 5.74) is 0. The van der Waals surface area contributed by atoms with Gasteiger partial charge in [0.1, 0.15) is 19.3 Å². The molecule has 10 heteroatoms. The molecule has 0 bridgehead atoms. The molecule has 0 spiro atoms. The van der Waals surface area contributed by atoms with Gasteiger partial charge in [0.15, 0.2) is 0 Å². The summed E-state index contributed by atoms with van der Waals surface area (Å²) < 4.78 is 30.4. The van der Waals surface area contributed by atoms with E-state index in [1.165, 1.54) is 225 Å². The Morgan fingerprint density at radius 1 is 0.422 bits per heavy atom. The average molecular weight is 1190 g/mol. The van der Waals surface area contributed by atoms with Crippen LogP contribution in [-0.4, -0.2) is 69.4 Å².